The van der Waals surface area contributed by atoms with Crippen molar-refractivity contribution < 1.29 is 4.79 Å². The van der Waals surface area contributed by atoms with Gasteiger partial charge in [-0.05, 0) is 24.1 Å². The van der Waals surface area contributed by atoms with Gasteiger partial charge in [0.05, 0.1) is 12.5 Å². The monoisotopic (exact) mass is 284 g/mol. The summed E-state index contributed by atoms with van der Waals surface area (Å²) in [4.78, 5) is 13.6. The molecular weight excluding hydrogens is 271 g/mol. The maximum Gasteiger partial charge on any atom is 0.227 e. The zero-order valence-electron chi connectivity index (χ0n) is 10.1. The molecule has 0 aromatic heterocycles. The Morgan fingerprint density at radius 2 is 2.00 bits per heavy atom. The third kappa shape index (κ3) is 3.90. The zero-order valence-corrected chi connectivity index (χ0v) is 11.6. The lowest BCUT2D eigenvalue weighted by Crippen LogP contribution is -2.33. The van der Waals surface area contributed by atoms with Crippen LogP contribution in [-0.4, -0.2) is 23.9 Å². The first kappa shape index (κ1) is 14.8. The summed E-state index contributed by atoms with van der Waals surface area (Å²) >= 11 is 12.0. The van der Waals surface area contributed by atoms with Crippen LogP contribution in [0.4, 0.5) is 0 Å². The highest BCUT2D eigenvalue weighted by molar-refractivity contribution is 6.36. The van der Waals surface area contributed by atoms with Crippen LogP contribution >= 0.6 is 23.2 Å². The van der Waals surface area contributed by atoms with E-state index >= 15 is 0 Å². The number of carbonyl (C=O) groups is 1. The summed E-state index contributed by atoms with van der Waals surface area (Å²) in [5.41, 5.74) is 0.616. The Balaban J connectivity index is 2.83. The highest BCUT2D eigenvalue weighted by Gasteiger charge is 2.16. The van der Waals surface area contributed by atoms with Gasteiger partial charge in [-0.3, -0.25) is 4.79 Å². The molecule has 0 saturated carbocycles. The molecule has 96 valence electrons. The van der Waals surface area contributed by atoms with Crippen molar-refractivity contribution in [1.82, 2.24) is 4.90 Å². The number of nitrogens with zero attached hydrogens (tertiary/aromatic N) is 2. The van der Waals surface area contributed by atoms with Crippen molar-refractivity contribution in [3.8, 4) is 6.07 Å². The van der Waals surface area contributed by atoms with Gasteiger partial charge in [0.25, 0.3) is 0 Å². The van der Waals surface area contributed by atoms with E-state index in [0.29, 0.717) is 22.2 Å². The summed E-state index contributed by atoms with van der Waals surface area (Å²) < 4.78 is 0. The number of halogens is 2. The van der Waals surface area contributed by atoms with E-state index in [1.165, 1.54) is 4.90 Å². The van der Waals surface area contributed by atoms with Crippen LogP contribution in [0.25, 0.3) is 0 Å². The lowest BCUT2D eigenvalue weighted by Gasteiger charge is -2.19. The minimum atomic E-state index is -0.131. The van der Waals surface area contributed by atoms with E-state index in [-0.39, 0.29) is 18.9 Å². The van der Waals surface area contributed by atoms with Crippen LogP contribution in [0.15, 0.2) is 18.2 Å². The molecule has 0 bridgehead atoms. The van der Waals surface area contributed by atoms with Crippen molar-refractivity contribution in [1.29, 1.82) is 5.26 Å². The second-order valence-electron chi connectivity index (χ2n) is 3.85. The van der Waals surface area contributed by atoms with E-state index in [2.05, 4.69) is 0 Å². The summed E-state index contributed by atoms with van der Waals surface area (Å²) in [6.07, 6.45) is 0.934. The van der Waals surface area contributed by atoms with Gasteiger partial charge in [0, 0.05) is 16.6 Å². The molecule has 0 unspecified atom stereocenters. The number of rotatable bonds is 5. The van der Waals surface area contributed by atoms with Gasteiger partial charge in [-0.1, -0.05) is 36.2 Å². The second kappa shape index (κ2) is 7.25. The fourth-order valence-electron chi connectivity index (χ4n) is 1.61. The number of amides is 1. The van der Waals surface area contributed by atoms with Gasteiger partial charge < -0.3 is 4.90 Å². The van der Waals surface area contributed by atoms with E-state index in [9.17, 15) is 4.79 Å². The van der Waals surface area contributed by atoms with Gasteiger partial charge in [0.15, 0.2) is 0 Å². The highest BCUT2D eigenvalue weighted by Crippen LogP contribution is 2.25. The summed E-state index contributed by atoms with van der Waals surface area (Å²) in [7, 11) is 0. The Morgan fingerprint density at radius 3 is 2.50 bits per heavy atom. The molecule has 1 aromatic rings. The Hall–Kier alpha value is -1.24. The summed E-state index contributed by atoms with van der Waals surface area (Å²) in [5, 5.41) is 9.64. The van der Waals surface area contributed by atoms with Gasteiger partial charge in [-0.25, -0.2) is 0 Å². The molecular formula is C13H14Cl2N2O. The van der Waals surface area contributed by atoms with E-state index in [1.54, 1.807) is 18.2 Å². The molecule has 0 aliphatic rings. The van der Waals surface area contributed by atoms with Crippen LogP contribution in [0, 0.1) is 11.3 Å². The minimum Gasteiger partial charge on any atom is -0.329 e. The standard InChI is InChI=1S/C13H14Cl2N2O/c1-2-7-17(8-6-16)13(18)9-10-11(14)4-3-5-12(10)15/h3-5H,2,7-9H2,1H3. The van der Waals surface area contributed by atoms with Crippen molar-refractivity contribution in [3.05, 3.63) is 33.8 Å². The second-order valence-corrected chi connectivity index (χ2v) is 4.66. The number of nitriles is 1. The molecule has 0 saturated heterocycles. The lowest BCUT2D eigenvalue weighted by atomic mass is 10.1. The number of benzene rings is 1. The molecule has 0 heterocycles. The van der Waals surface area contributed by atoms with Crippen molar-refractivity contribution in [2.45, 2.75) is 19.8 Å². The quantitative estimate of drug-likeness (QED) is 0.779. The molecule has 0 spiro atoms. The smallest absolute Gasteiger partial charge is 0.227 e. The molecule has 0 N–H and O–H groups in total. The first-order valence-electron chi connectivity index (χ1n) is 5.67. The molecule has 0 aliphatic carbocycles. The largest absolute Gasteiger partial charge is 0.329 e. The molecule has 0 aliphatic heterocycles. The normalized spacial score (nSPS) is 9.89. The first-order chi connectivity index (χ1) is 8.60. The molecule has 0 atom stereocenters. The summed E-state index contributed by atoms with van der Waals surface area (Å²) in [5.74, 6) is -0.131. The van der Waals surface area contributed by atoms with Crippen LogP contribution in [0.1, 0.15) is 18.9 Å². The molecule has 1 rings (SSSR count). The van der Waals surface area contributed by atoms with Crippen molar-refractivity contribution in [2.24, 2.45) is 0 Å². The number of hydrogen-bond acceptors (Lipinski definition) is 2. The van der Waals surface area contributed by atoms with E-state index in [4.69, 9.17) is 28.5 Å². The molecule has 5 heteroatoms. The highest BCUT2D eigenvalue weighted by atomic mass is 35.5. The van der Waals surface area contributed by atoms with Gasteiger partial charge in [-0.15, -0.1) is 0 Å². The Kier molecular flexibility index (Phi) is 5.97. The molecule has 1 amide bonds. The van der Waals surface area contributed by atoms with Crippen LogP contribution in [-0.2, 0) is 11.2 Å². The first-order valence-corrected chi connectivity index (χ1v) is 6.43. The predicted octanol–water partition coefficient (Wildman–Crippen LogP) is 3.30. The molecule has 1 aromatic carbocycles. The number of hydrogen-bond donors (Lipinski definition) is 0. The van der Waals surface area contributed by atoms with Crippen LogP contribution < -0.4 is 0 Å². The van der Waals surface area contributed by atoms with Crippen molar-refractivity contribution in [3.63, 3.8) is 0 Å². The van der Waals surface area contributed by atoms with Crippen molar-refractivity contribution >= 4 is 29.1 Å². The predicted molar refractivity (Wildman–Crippen MR) is 72.7 cm³/mol. The third-order valence-electron chi connectivity index (χ3n) is 2.50. The lowest BCUT2D eigenvalue weighted by molar-refractivity contribution is -0.129. The Morgan fingerprint density at radius 1 is 1.39 bits per heavy atom. The maximum absolute atomic E-state index is 12.1. The van der Waals surface area contributed by atoms with Crippen LogP contribution in [0.5, 0.6) is 0 Å². The number of carbonyl (C=O) groups excluding carboxylic acids is 1. The fourth-order valence-corrected chi connectivity index (χ4v) is 2.14. The molecule has 18 heavy (non-hydrogen) atoms. The fraction of sp³-hybridized carbons (Fsp3) is 0.385. The van der Waals surface area contributed by atoms with E-state index < -0.39 is 0 Å². The van der Waals surface area contributed by atoms with Gasteiger partial charge in [-0.2, -0.15) is 5.26 Å². The minimum absolute atomic E-state index is 0.0920. The third-order valence-corrected chi connectivity index (χ3v) is 3.21. The van der Waals surface area contributed by atoms with Gasteiger partial charge in [0.2, 0.25) is 5.91 Å². The average molecular weight is 285 g/mol. The zero-order chi connectivity index (χ0) is 13.5. The molecule has 0 fully saturated rings. The Labute approximate surface area is 117 Å². The molecule has 0 radical (unpaired) electrons. The average Bonchev–Trinajstić information content (AvgIpc) is 2.33. The van der Waals surface area contributed by atoms with Gasteiger partial charge >= 0.3 is 0 Å². The SMILES string of the molecule is CCCN(CC#N)C(=O)Cc1c(Cl)cccc1Cl. The van der Waals surface area contributed by atoms with Gasteiger partial charge in [0.1, 0.15) is 6.54 Å². The van der Waals surface area contributed by atoms with Crippen molar-refractivity contribution in [2.75, 3.05) is 13.1 Å². The van der Waals surface area contributed by atoms with E-state index in [0.717, 1.165) is 6.42 Å². The topological polar surface area (TPSA) is 44.1 Å². The van der Waals surface area contributed by atoms with Crippen LogP contribution in [0.3, 0.4) is 0 Å². The molecule has 3 nitrogen and oxygen atoms in total. The maximum atomic E-state index is 12.1. The van der Waals surface area contributed by atoms with E-state index in [1.807, 2.05) is 13.0 Å². The summed E-state index contributed by atoms with van der Waals surface area (Å²) in [6.45, 7) is 2.61. The summed E-state index contributed by atoms with van der Waals surface area (Å²) in [6, 6.07) is 7.12. The Bertz CT molecular complexity index is 448. The van der Waals surface area contributed by atoms with Crippen LogP contribution in [0.2, 0.25) is 10.0 Å².